The maximum absolute atomic E-state index is 12.9. The fourth-order valence-electron chi connectivity index (χ4n) is 3.61. The summed E-state index contributed by atoms with van der Waals surface area (Å²) in [7, 11) is -3.76. The number of sulfonamides is 1. The van der Waals surface area contributed by atoms with Crippen LogP contribution >= 0.6 is 23.2 Å². The summed E-state index contributed by atoms with van der Waals surface area (Å²) in [6.07, 6.45) is 0.891. The van der Waals surface area contributed by atoms with Crippen LogP contribution in [0.25, 0.3) is 0 Å². The highest BCUT2D eigenvalue weighted by Crippen LogP contribution is 2.30. The number of ether oxygens (including phenoxy) is 1. The Bertz CT molecular complexity index is 1050. The van der Waals surface area contributed by atoms with Crippen molar-refractivity contribution in [2.24, 2.45) is 5.92 Å². The van der Waals surface area contributed by atoms with E-state index >= 15 is 0 Å². The number of benzene rings is 2. The van der Waals surface area contributed by atoms with Crippen molar-refractivity contribution in [1.82, 2.24) is 9.62 Å². The SMILES string of the molecule is Cc1ccc(OCCNC(=O)C2CCN(S(=O)(=O)c3cc(Cl)ccc3Cl)CC2)c(C)c1. The Balaban J connectivity index is 1.47. The molecule has 0 bridgehead atoms. The molecule has 1 aliphatic heterocycles. The molecule has 0 radical (unpaired) electrons. The van der Waals surface area contributed by atoms with Crippen LogP contribution in [-0.2, 0) is 14.8 Å². The van der Waals surface area contributed by atoms with Gasteiger partial charge in [0, 0.05) is 24.0 Å². The number of rotatable bonds is 7. The summed E-state index contributed by atoms with van der Waals surface area (Å²) in [5.74, 6) is 0.488. The van der Waals surface area contributed by atoms with Gasteiger partial charge in [-0.1, -0.05) is 40.9 Å². The number of hydrogen-bond donors (Lipinski definition) is 1. The van der Waals surface area contributed by atoms with Crippen molar-refractivity contribution < 1.29 is 17.9 Å². The number of halogens is 2. The van der Waals surface area contributed by atoms with Crippen molar-refractivity contribution in [3.05, 3.63) is 57.6 Å². The molecule has 0 unspecified atom stereocenters. The molecule has 168 valence electrons. The number of nitrogens with one attached hydrogen (secondary N) is 1. The minimum Gasteiger partial charge on any atom is -0.491 e. The quantitative estimate of drug-likeness (QED) is 0.597. The molecule has 2 aromatic carbocycles. The Hall–Kier alpha value is -1.80. The first-order valence-electron chi connectivity index (χ1n) is 10.1. The van der Waals surface area contributed by atoms with Crippen LogP contribution in [-0.4, -0.2) is 44.9 Å². The van der Waals surface area contributed by atoms with Gasteiger partial charge in [-0.05, 0) is 56.5 Å². The molecule has 0 spiro atoms. The maximum atomic E-state index is 12.9. The summed E-state index contributed by atoms with van der Waals surface area (Å²) in [5.41, 5.74) is 2.23. The summed E-state index contributed by atoms with van der Waals surface area (Å²) in [6, 6.07) is 10.3. The van der Waals surface area contributed by atoms with E-state index in [2.05, 4.69) is 5.32 Å². The molecule has 3 rings (SSSR count). The predicted octanol–water partition coefficient (Wildman–Crippen LogP) is 4.21. The fraction of sp³-hybridized carbons (Fsp3) is 0.409. The second kappa shape index (κ2) is 10.2. The van der Waals surface area contributed by atoms with Crippen LogP contribution in [0.15, 0.2) is 41.3 Å². The average molecular weight is 485 g/mol. The monoisotopic (exact) mass is 484 g/mol. The van der Waals surface area contributed by atoms with E-state index < -0.39 is 10.0 Å². The molecule has 0 saturated carbocycles. The van der Waals surface area contributed by atoms with Crippen LogP contribution in [0, 0.1) is 19.8 Å². The largest absolute Gasteiger partial charge is 0.491 e. The minimum absolute atomic E-state index is 0.00637. The minimum atomic E-state index is -3.76. The van der Waals surface area contributed by atoms with Gasteiger partial charge in [-0.3, -0.25) is 4.79 Å². The Morgan fingerprint density at radius 1 is 1.13 bits per heavy atom. The number of carbonyl (C=O) groups is 1. The normalized spacial score (nSPS) is 15.6. The molecule has 1 aliphatic rings. The van der Waals surface area contributed by atoms with E-state index in [0.29, 0.717) is 31.0 Å². The Morgan fingerprint density at radius 2 is 1.84 bits per heavy atom. The first kappa shape index (κ1) is 23.9. The fourth-order valence-corrected chi connectivity index (χ4v) is 5.82. The van der Waals surface area contributed by atoms with Gasteiger partial charge in [0.15, 0.2) is 0 Å². The summed E-state index contributed by atoms with van der Waals surface area (Å²) >= 11 is 12.0. The molecule has 0 atom stereocenters. The molecule has 1 N–H and O–H groups in total. The van der Waals surface area contributed by atoms with Gasteiger partial charge in [-0.25, -0.2) is 8.42 Å². The van der Waals surface area contributed by atoms with Gasteiger partial charge in [0.2, 0.25) is 15.9 Å². The van der Waals surface area contributed by atoms with Crippen molar-refractivity contribution >= 4 is 39.1 Å². The first-order chi connectivity index (χ1) is 14.7. The zero-order valence-electron chi connectivity index (χ0n) is 17.5. The van der Waals surface area contributed by atoms with Crippen LogP contribution in [0.5, 0.6) is 5.75 Å². The Morgan fingerprint density at radius 3 is 2.52 bits per heavy atom. The van der Waals surface area contributed by atoms with Crippen LogP contribution < -0.4 is 10.1 Å². The predicted molar refractivity (Wildman–Crippen MR) is 122 cm³/mol. The molecule has 9 heteroatoms. The third-order valence-corrected chi connectivity index (χ3v) is 7.94. The van der Waals surface area contributed by atoms with Crippen LogP contribution in [0.3, 0.4) is 0 Å². The number of carbonyl (C=O) groups excluding carboxylic acids is 1. The van der Waals surface area contributed by atoms with E-state index in [9.17, 15) is 13.2 Å². The molecule has 1 heterocycles. The lowest BCUT2D eigenvalue weighted by molar-refractivity contribution is -0.126. The standard InChI is InChI=1S/C22H26Cl2N2O4S/c1-15-3-6-20(16(2)13-15)30-12-9-25-22(27)17-7-10-26(11-8-17)31(28,29)21-14-18(23)4-5-19(21)24/h3-6,13-14,17H,7-12H2,1-2H3,(H,25,27). The smallest absolute Gasteiger partial charge is 0.244 e. The second-order valence-electron chi connectivity index (χ2n) is 7.66. The van der Waals surface area contributed by atoms with E-state index in [4.69, 9.17) is 27.9 Å². The number of piperidine rings is 1. The molecule has 31 heavy (non-hydrogen) atoms. The zero-order valence-corrected chi connectivity index (χ0v) is 19.9. The van der Waals surface area contributed by atoms with E-state index in [1.165, 1.54) is 22.0 Å². The summed E-state index contributed by atoms with van der Waals surface area (Å²) in [5, 5.41) is 3.32. The first-order valence-corrected chi connectivity index (χ1v) is 12.3. The van der Waals surface area contributed by atoms with Gasteiger partial charge in [0.1, 0.15) is 17.3 Å². The Kier molecular flexibility index (Phi) is 7.86. The molecule has 1 saturated heterocycles. The second-order valence-corrected chi connectivity index (χ2v) is 10.4. The van der Waals surface area contributed by atoms with E-state index in [-0.39, 0.29) is 34.8 Å². The molecule has 1 fully saturated rings. The molecule has 0 aliphatic carbocycles. The highest BCUT2D eigenvalue weighted by molar-refractivity contribution is 7.89. The van der Waals surface area contributed by atoms with Gasteiger partial charge < -0.3 is 10.1 Å². The van der Waals surface area contributed by atoms with Gasteiger partial charge >= 0.3 is 0 Å². The lowest BCUT2D eigenvalue weighted by Crippen LogP contribution is -2.43. The molecule has 0 aromatic heterocycles. The Labute approximate surface area is 193 Å². The summed E-state index contributed by atoms with van der Waals surface area (Å²) < 4.78 is 32.9. The molecular formula is C22H26Cl2N2O4S. The number of nitrogens with zero attached hydrogens (tertiary/aromatic N) is 1. The van der Waals surface area contributed by atoms with Gasteiger partial charge in [-0.15, -0.1) is 0 Å². The van der Waals surface area contributed by atoms with Gasteiger partial charge in [0.05, 0.1) is 11.6 Å². The summed E-state index contributed by atoms with van der Waals surface area (Å²) in [6.45, 7) is 5.28. The third-order valence-electron chi connectivity index (χ3n) is 5.33. The lowest BCUT2D eigenvalue weighted by atomic mass is 9.97. The van der Waals surface area contributed by atoms with Crippen molar-refractivity contribution in [2.75, 3.05) is 26.2 Å². The number of amides is 1. The van der Waals surface area contributed by atoms with Crippen molar-refractivity contribution in [3.8, 4) is 5.75 Å². The molecule has 1 amide bonds. The molecule has 2 aromatic rings. The highest BCUT2D eigenvalue weighted by atomic mass is 35.5. The summed E-state index contributed by atoms with van der Waals surface area (Å²) in [4.78, 5) is 12.5. The zero-order chi connectivity index (χ0) is 22.6. The number of aryl methyl sites for hydroxylation is 2. The number of hydrogen-bond acceptors (Lipinski definition) is 4. The third kappa shape index (κ3) is 5.92. The van der Waals surface area contributed by atoms with Crippen molar-refractivity contribution in [3.63, 3.8) is 0 Å². The van der Waals surface area contributed by atoms with E-state index in [0.717, 1.165) is 11.3 Å². The van der Waals surface area contributed by atoms with Crippen LogP contribution in [0.2, 0.25) is 10.0 Å². The van der Waals surface area contributed by atoms with Crippen LogP contribution in [0.4, 0.5) is 0 Å². The van der Waals surface area contributed by atoms with Gasteiger partial charge in [0.25, 0.3) is 0 Å². The van der Waals surface area contributed by atoms with E-state index in [1.807, 2.05) is 32.0 Å². The van der Waals surface area contributed by atoms with Gasteiger partial charge in [-0.2, -0.15) is 4.31 Å². The van der Waals surface area contributed by atoms with Crippen LogP contribution in [0.1, 0.15) is 24.0 Å². The lowest BCUT2D eigenvalue weighted by Gasteiger charge is -2.30. The van der Waals surface area contributed by atoms with Crippen molar-refractivity contribution in [2.45, 2.75) is 31.6 Å². The maximum Gasteiger partial charge on any atom is 0.244 e. The van der Waals surface area contributed by atoms with Crippen molar-refractivity contribution in [1.29, 1.82) is 0 Å². The molecule has 6 nitrogen and oxygen atoms in total. The molecular weight excluding hydrogens is 459 g/mol. The highest BCUT2D eigenvalue weighted by Gasteiger charge is 2.33. The average Bonchev–Trinajstić information content (AvgIpc) is 2.74. The van der Waals surface area contributed by atoms with E-state index in [1.54, 1.807) is 6.07 Å². The topological polar surface area (TPSA) is 75.7 Å².